The minimum atomic E-state index is -0.868. The summed E-state index contributed by atoms with van der Waals surface area (Å²) in [7, 11) is 0. The van der Waals surface area contributed by atoms with Crippen LogP contribution in [0.15, 0.2) is 27.8 Å². The normalized spacial score (nSPS) is 10.8. The SMILES string of the molecule is CCc1nnc(SCC(=O)O)n1-c1ccc(C)c(Br)c1. The van der Waals surface area contributed by atoms with E-state index in [-0.39, 0.29) is 5.75 Å². The van der Waals surface area contributed by atoms with Crippen molar-refractivity contribution in [2.45, 2.75) is 25.4 Å². The molecular weight excluding hydrogens is 342 g/mol. The van der Waals surface area contributed by atoms with E-state index in [1.165, 1.54) is 11.8 Å². The van der Waals surface area contributed by atoms with E-state index in [9.17, 15) is 4.79 Å². The van der Waals surface area contributed by atoms with Crippen molar-refractivity contribution in [1.82, 2.24) is 14.8 Å². The molecule has 2 aromatic rings. The molecule has 2 rings (SSSR count). The molecule has 0 aliphatic heterocycles. The van der Waals surface area contributed by atoms with Gasteiger partial charge in [-0.15, -0.1) is 10.2 Å². The van der Waals surface area contributed by atoms with Gasteiger partial charge < -0.3 is 5.11 Å². The number of thioether (sulfide) groups is 1. The summed E-state index contributed by atoms with van der Waals surface area (Å²) >= 11 is 4.68. The fourth-order valence-corrected chi connectivity index (χ4v) is 2.79. The number of aromatic nitrogens is 3. The number of aliphatic carboxylic acids is 1. The zero-order chi connectivity index (χ0) is 14.7. The van der Waals surface area contributed by atoms with Gasteiger partial charge in [-0.05, 0) is 24.6 Å². The predicted octanol–water partition coefficient (Wildman–Crippen LogP) is 3.08. The van der Waals surface area contributed by atoms with E-state index in [1.807, 2.05) is 36.6 Å². The van der Waals surface area contributed by atoms with Crippen LogP contribution in [-0.4, -0.2) is 31.6 Å². The Labute approximate surface area is 129 Å². The number of carbonyl (C=O) groups is 1. The van der Waals surface area contributed by atoms with Crippen LogP contribution in [0, 0.1) is 6.92 Å². The minimum absolute atomic E-state index is 0.0329. The van der Waals surface area contributed by atoms with Crippen molar-refractivity contribution in [3.05, 3.63) is 34.1 Å². The summed E-state index contributed by atoms with van der Waals surface area (Å²) in [5, 5.41) is 17.6. The molecule has 1 aromatic heterocycles. The molecule has 0 aliphatic rings. The molecular formula is C13H14BrN3O2S. The van der Waals surface area contributed by atoms with Gasteiger partial charge in [0.05, 0.1) is 11.4 Å². The van der Waals surface area contributed by atoms with Gasteiger partial charge in [0, 0.05) is 10.9 Å². The lowest BCUT2D eigenvalue weighted by Crippen LogP contribution is -2.04. The van der Waals surface area contributed by atoms with Gasteiger partial charge in [-0.3, -0.25) is 9.36 Å². The summed E-state index contributed by atoms with van der Waals surface area (Å²) in [4.78, 5) is 10.7. The van der Waals surface area contributed by atoms with E-state index in [2.05, 4.69) is 26.1 Å². The Morgan fingerprint density at radius 1 is 1.45 bits per heavy atom. The molecule has 0 fully saturated rings. The molecule has 0 spiro atoms. The van der Waals surface area contributed by atoms with Crippen LogP contribution in [0.2, 0.25) is 0 Å². The van der Waals surface area contributed by atoms with Crippen LogP contribution in [0.5, 0.6) is 0 Å². The first-order chi connectivity index (χ1) is 9.52. The third-order valence-corrected chi connectivity index (χ3v) is 4.52. The number of aryl methyl sites for hydroxylation is 2. The summed E-state index contributed by atoms with van der Waals surface area (Å²) in [6.45, 7) is 4.01. The van der Waals surface area contributed by atoms with Crippen LogP contribution in [0.25, 0.3) is 5.69 Å². The zero-order valence-corrected chi connectivity index (χ0v) is 13.5. The Kier molecular flexibility index (Phi) is 4.82. The van der Waals surface area contributed by atoms with Gasteiger partial charge in [-0.2, -0.15) is 0 Å². The largest absolute Gasteiger partial charge is 0.481 e. The molecule has 7 heteroatoms. The highest BCUT2D eigenvalue weighted by atomic mass is 79.9. The van der Waals surface area contributed by atoms with Crippen molar-refractivity contribution in [2.75, 3.05) is 5.75 Å². The fraction of sp³-hybridized carbons (Fsp3) is 0.308. The van der Waals surface area contributed by atoms with E-state index in [1.54, 1.807) is 0 Å². The van der Waals surface area contributed by atoms with Gasteiger partial charge in [0.15, 0.2) is 5.16 Å². The van der Waals surface area contributed by atoms with Crippen molar-refractivity contribution in [2.24, 2.45) is 0 Å². The minimum Gasteiger partial charge on any atom is -0.481 e. The van der Waals surface area contributed by atoms with Crippen LogP contribution in [0.3, 0.4) is 0 Å². The highest BCUT2D eigenvalue weighted by Crippen LogP contribution is 2.25. The van der Waals surface area contributed by atoms with Crippen LogP contribution in [0.1, 0.15) is 18.3 Å². The van der Waals surface area contributed by atoms with E-state index in [4.69, 9.17) is 5.11 Å². The molecule has 1 N–H and O–H groups in total. The number of carboxylic acids is 1. The molecule has 0 bridgehead atoms. The second kappa shape index (κ2) is 6.41. The number of carboxylic acid groups (broad SMARTS) is 1. The van der Waals surface area contributed by atoms with Crippen molar-refractivity contribution in [3.63, 3.8) is 0 Å². The lowest BCUT2D eigenvalue weighted by atomic mass is 10.2. The van der Waals surface area contributed by atoms with Gasteiger partial charge in [-0.1, -0.05) is 40.7 Å². The standard InChI is InChI=1S/C13H14BrN3O2S/c1-3-11-15-16-13(20-7-12(18)19)17(11)9-5-4-8(2)10(14)6-9/h4-6H,3,7H2,1-2H3,(H,18,19). The van der Waals surface area contributed by atoms with Crippen molar-refractivity contribution < 1.29 is 9.90 Å². The van der Waals surface area contributed by atoms with Crippen molar-refractivity contribution in [1.29, 1.82) is 0 Å². The second-order valence-electron chi connectivity index (χ2n) is 4.20. The smallest absolute Gasteiger partial charge is 0.313 e. The molecule has 20 heavy (non-hydrogen) atoms. The first-order valence-electron chi connectivity index (χ1n) is 6.08. The van der Waals surface area contributed by atoms with Crippen molar-refractivity contribution >= 4 is 33.7 Å². The maximum Gasteiger partial charge on any atom is 0.313 e. The first-order valence-corrected chi connectivity index (χ1v) is 7.86. The summed E-state index contributed by atoms with van der Waals surface area (Å²) in [5.41, 5.74) is 2.07. The lowest BCUT2D eigenvalue weighted by Gasteiger charge is -2.10. The topological polar surface area (TPSA) is 68.0 Å². The maximum absolute atomic E-state index is 10.7. The molecule has 5 nitrogen and oxygen atoms in total. The fourth-order valence-electron chi connectivity index (χ4n) is 1.73. The number of nitrogens with zero attached hydrogens (tertiary/aromatic N) is 3. The molecule has 0 amide bonds. The van der Waals surface area contributed by atoms with Crippen molar-refractivity contribution in [3.8, 4) is 5.69 Å². The third kappa shape index (κ3) is 3.21. The highest BCUT2D eigenvalue weighted by Gasteiger charge is 2.15. The second-order valence-corrected chi connectivity index (χ2v) is 6.00. The molecule has 106 valence electrons. The predicted molar refractivity (Wildman–Crippen MR) is 81.5 cm³/mol. The number of hydrogen-bond acceptors (Lipinski definition) is 4. The van der Waals surface area contributed by atoms with E-state index in [0.29, 0.717) is 5.16 Å². The molecule has 0 saturated carbocycles. The Morgan fingerprint density at radius 2 is 2.20 bits per heavy atom. The first kappa shape index (κ1) is 15.1. The quantitative estimate of drug-likeness (QED) is 0.834. The molecule has 1 aromatic carbocycles. The number of halogens is 1. The molecule has 0 saturated heterocycles. The van der Waals surface area contributed by atoms with Crippen LogP contribution >= 0.6 is 27.7 Å². The number of rotatable bonds is 5. The molecule has 1 heterocycles. The van der Waals surface area contributed by atoms with Gasteiger partial charge in [0.1, 0.15) is 5.82 Å². The van der Waals surface area contributed by atoms with Gasteiger partial charge in [-0.25, -0.2) is 0 Å². The zero-order valence-electron chi connectivity index (χ0n) is 11.1. The van der Waals surface area contributed by atoms with Crippen LogP contribution in [0.4, 0.5) is 0 Å². The Hall–Kier alpha value is -1.34. The molecule has 0 radical (unpaired) electrons. The van der Waals surface area contributed by atoms with Crippen LogP contribution in [-0.2, 0) is 11.2 Å². The molecule has 0 unspecified atom stereocenters. The monoisotopic (exact) mass is 355 g/mol. The molecule has 0 aliphatic carbocycles. The summed E-state index contributed by atoms with van der Waals surface area (Å²) in [6.07, 6.45) is 0.728. The van der Waals surface area contributed by atoms with E-state index >= 15 is 0 Å². The Balaban J connectivity index is 2.44. The highest BCUT2D eigenvalue weighted by molar-refractivity contribution is 9.10. The van der Waals surface area contributed by atoms with Gasteiger partial charge >= 0.3 is 5.97 Å². The summed E-state index contributed by atoms with van der Waals surface area (Å²) in [5.74, 6) is -0.0872. The lowest BCUT2D eigenvalue weighted by molar-refractivity contribution is -0.133. The average molecular weight is 356 g/mol. The van der Waals surface area contributed by atoms with E-state index < -0.39 is 5.97 Å². The molecule has 0 atom stereocenters. The maximum atomic E-state index is 10.7. The van der Waals surface area contributed by atoms with Gasteiger partial charge in [0.25, 0.3) is 0 Å². The van der Waals surface area contributed by atoms with Gasteiger partial charge in [0.2, 0.25) is 0 Å². The summed E-state index contributed by atoms with van der Waals surface area (Å²) < 4.78 is 2.90. The number of benzene rings is 1. The third-order valence-electron chi connectivity index (χ3n) is 2.75. The Morgan fingerprint density at radius 3 is 2.80 bits per heavy atom. The number of hydrogen-bond donors (Lipinski definition) is 1. The average Bonchev–Trinajstić information content (AvgIpc) is 2.82. The summed E-state index contributed by atoms with van der Waals surface area (Å²) in [6, 6.07) is 5.97. The van der Waals surface area contributed by atoms with E-state index in [0.717, 1.165) is 28.0 Å². The Bertz CT molecular complexity index is 643. The van der Waals surface area contributed by atoms with Crippen LogP contribution < -0.4 is 0 Å².